The van der Waals surface area contributed by atoms with Crippen LogP contribution in [-0.2, 0) is 0 Å². The zero-order valence-electron chi connectivity index (χ0n) is 18.8. The van der Waals surface area contributed by atoms with Crippen molar-refractivity contribution >= 4 is 35.7 Å². The van der Waals surface area contributed by atoms with Crippen LogP contribution >= 0.6 is 0 Å². The number of nitrogens with zero attached hydrogens (tertiary/aromatic N) is 2. The number of hydrogen-bond donors (Lipinski definition) is 0. The number of ether oxygens (including phenoxy) is 2. The first-order valence-electron chi connectivity index (χ1n) is 10.7. The van der Waals surface area contributed by atoms with Crippen molar-refractivity contribution in [1.82, 2.24) is 0 Å². The first-order chi connectivity index (χ1) is 16.4. The fourth-order valence-corrected chi connectivity index (χ4v) is 3.36. The number of benzene rings is 3. The van der Waals surface area contributed by atoms with Gasteiger partial charge in [0.1, 0.15) is 11.5 Å². The van der Waals surface area contributed by atoms with Gasteiger partial charge in [0, 0.05) is 11.1 Å². The molecule has 0 fully saturated rings. The first-order valence-corrected chi connectivity index (χ1v) is 10.7. The second-order valence-corrected chi connectivity index (χ2v) is 7.09. The van der Waals surface area contributed by atoms with Crippen LogP contribution in [0.5, 0.6) is 11.5 Å². The zero-order valence-corrected chi connectivity index (χ0v) is 18.8. The Labute approximate surface area is 197 Å². The smallest absolute Gasteiger partial charge is 0.283 e. The molecule has 0 atom stereocenters. The van der Waals surface area contributed by atoms with Crippen LogP contribution in [0.2, 0.25) is 0 Å². The summed E-state index contributed by atoms with van der Waals surface area (Å²) in [6.07, 6.45) is 6.50. The molecule has 0 aliphatic heterocycles. The van der Waals surface area contributed by atoms with Gasteiger partial charge in [0.15, 0.2) is 0 Å². The minimum atomic E-state index is -0.626. The minimum Gasteiger partial charge on any atom is -0.493 e. The summed E-state index contributed by atoms with van der Waals surface area (Å²) in [6.45, 7) is 4.68. The van der Waals surface area contributed by atoms with Crippen molar-refractivity contribution < 1.29 is 19.3 Å². The van der Waals surface area contributed by atoms with Gasteiger partial charge in [0.2, 0.25) is 0 Å². The lowest BCUT2D eigenvalue weighted by atomic mass is 10.0. The largest absolute Gasteiger partial charge is 0.493 e. The van der Waals surface area contributed by atoms with E-state index in [9.17, 15) is 20.2 Å². The molecule has 0 amide bonds. The van der Waals surface area contributed by atoms with Crippen molar-refractivity contribution in [2.75, 3.05) is 13.2 Å². The molecule has 0 heterocycles. The molecule has 0 aliphatic carbocycles. The molecule has 0 unspecified atom stereocenters. The third kappa shape index (κ3) is 5.86. The Morgan fingerprint density at radius 1 is 0.647 bits per heavy atom. The van der Waals surface area contributed by atoms with E-state index in [4.69, 9.17) is 9.47 Å². The second kappa shape index (κ2) is 11.4. The van der Waals surface area contributed by atoms with E-state index in [1.54, 1.807) is 36.4 Å². The predicted octanol–water partition coefficient (Wildman–Crippen LogP) is 6.64. The highest BCUT2D eigenvalue weighted by molar-refractivity contribution is 5.83. The summed E-state index contributed by atoms with van der Waals surface area (Å²) in [5.74, 6) is 1.27. The molecule has 0 aliphatic rings. The molecular formula is C26H24N2O6. The number of hydrogen-bond acceptors (Lipinski definition) is 6. The lowest BCUT2D eigenvalue weighted by Crippen LogP contribution is -1.98. The van der Waals surface area contributed by atoms with E-state index in [0.717, 1.165) is 17.2 Å². The van der Waals surface area contributed by atoms with Crippen molar-refractivity contribution in [2.45, 2.75) is 13.8 Å². The number of para-hydroxylation sites is 2. The van der Waals surface area contributed by atoms with Gasteiger partial charge in [0.05, 0.1) is 40.3 Å². The maximum Gasteiger partial charge on any atom is 0.283 e. The maximum atomic E-state index is 11.7. The number of rotatable bonds is 10. The Morgan fingerprint density at radius 2 is 1.03 bits per heavy atom. The van der Waals surface area contributed by atoms with Crippen LogP contribution in [0, 0.1) is 20.2 Å². The molecule has 174 valence electrons. The average molecular weight is 460 g/mol. The van der Waals surface area contributed by atoms with E-state index in [-0.39, 0.29) is 22.5 Å². The lowest BCUT2D eigenvalue weighted by molar-refractivity contribution is -0.394. The van der Waals surface area contributed by atoms with Crippen molar-refractivity contribution in [3.8, 4) is 11.5 Å². The molecule has 0 saturated carbocycles. The molecule has 34 heavy (non-hydrogen) atoms. The van der Waals surface area contributed by atoms with Crippen molar-refractivity contribution in [1.29, 1.82) is 0 Å². The molecule has 0 N–H and O–H groups in total. The molecule has 8 nitrogen and oxygen atoms in total. The molecule has 3 rings (SSSR count). The number of nitro groups is 2. The van der Waals surface area contributed by atoms with E-state index >= 15 is 0 Å². The van der Waals surface area contributed by atoms with Crippen molar-refractivity contribution in [3.05, 3.63) is 103 Å². The van der Waals surface area contributed by atoms with Gasteiger partial charge in [-0.3, -0.25) is 20.2 Å². The number of nitro benzene ring substituents is 2. The van der Waals surface area contributed by atoms with Crippen LogP contribution in [0.25, 0.3) is 24.3 Å². The normalized spacial score (nSPS) is 11.1. The average Bonchev–Trinajstić information content (AvgIpc) is 2.83. The predicted molar refractivity (Wildman–Crippen MR) is 133 cm³/mol. The molecule has 0 bridgehead atoms. The Balaban J connectivity index is 2.08. The summed E-state index contributed by atoms with van der Waals surface area (Å²) in [5, 5.41) is 23.3. The van der Waals surface area contributed by atoms with Crippen LogP contribution in [-0.4, -0.2) is 23.1 Å². The summed E-state index contributed by atoms with van der Waals surface area (Å²) in [4.78, 5) is 22.1. The molecule has 3 aromatic rings. The van der Waals surface area contributed by atoms with Gasteiger partial charge in [-0.25, -0.2) is 0 Å². The van der Waals surface area contributed by atoms with Gasteiger partial charge in [-0.1, -0.05) is 48.6 Å². The van der Waals surface area contributed by atoms with E-state index < -0.39 is 9.85 Å². The van der Waals surface area contributed by atoms with Crippen LogP contribution in [0.3, 0.4) is 0 Å². The minimum absolute atomic E-state index is 0.236. The highest BCUT2D eigenvalue weighted by Gasteiger charge is 2.22. The highest BCUT2D eigenvalue weighted by atomic mass is 16.6. The third-order valence-electron chi connectivity index (χ3n) is 4.89. The van der Waals surface area contributed by atoms with E-state index in [2.05, 4.69) is 0 Å². The van der Waals surface area contributed by atoms with Gasteiger partial charge in [-0.15, -0.1) is 0 Å². The molecule has 0 radical (unpaired) electrons. The lowest BCUT2D eigenvalue weighted by Gasteiger charge is -2.07. The Morgan fingerprint density at radius 3 is 1.41 bits per heavy atom. The quantitative estimate of drug-likeness (QED) is 0.191. The summed E-state index contributed by atoms with van der Waals surface area (Å²) < 4.78 is 11.2. The van der Waals surface area contributed by atoms with E-state index in [1.165, 1.54) is 6.07 Å². The Bertz CT molecular complexity index is 1160. The SMILES string of the molecule is CCOc1ccccc1/C=C\c1cc(/C=C\c2ccccc2OCC)c([N+](=O)[O-])cc1[N+](=O)[O-]. The van der Waals surface area contributed by atoms with Crippen LogP contribution in [0.15, 0.2) is 60.7 Å². The molecule has 0 saturated heterocycles. The molecule has 3 aromatic carbocycles. The summed E-state index contributed by atoms with van der Waals surface area (Å²) in [7, 11) is 0. The summed E-state index contributed by atoms with van der Waals surface area (Å²) in [6, 6.07) is 17.0. The van der Waals surface area contributed by atoms with Gasteiger partial charge < -0.3 is 9.47 Å². The Hall–Kier alpha value is -4.46. The van der Waals surface area contributed by atoms with Crippen LogP contribution in [0.1, 0.15) is 36.1 Å². The van der Waals surface area contributed by atoms with Crippen molar-refractivity contribution in [3.63, 3.8) is 0 Å². The fourth-order valence-electron chi connectivity index (χ4n) is 3.36. The van der Waals surface area contributed by atoms with Crippen LogP contribution < -0.4 is 9.47 Å². The topological polar surface area (TPSA) is 105 Å². The second-order valence-electron chi connectivity index (χ2n) is 7.09. The van der Waals surface area contributed by atoms with Gasteiger partial charge in [-0.2, -0.15) is 0 Å². The standard InChI is InChI=1S/C26H24N2O6/c1-3-33-25-11-7-5-9-19(25)13-15-21-17-22(24(28(31)32)18-23(21)27(29)30)16-14-20-10-6-8-12-26(20)34-4-2/h5-18H,3-4H2,1-2H3/b15-13-,16-14-. The van der Waals surface area contributed by atoms with Gasteiger partial charge in [0.25, 0.3) is 11.4 Å². The molecule has 0 spiro atoms. The summed E-state index contributed by atoms with van der Waals surface area (Å²) >= 11 is 0. The molecule has 0 aromatic heterocycles. The third-order valence-corrected chi connectivity index (χ3v) is 4.89. The monoisotopic (exact) mass is 460 g/mol. The zero-order chi connectivity index (χ0) is 24.5. The maximum absolute atomic E-state index is 11.7. The van der Waals surface area contributed by atoms with E-state index in [0.29, 0.717) is 24.7 Å². The Kier molecular flexibility index (Phi) is 8.12. The van der Waals surface area contributed by atoms with Crippen LogP contribution in [0.4, 0.5) is 11.4 Å². The van der Waals surface area contributed by atoms with E-state index in [1.807, 2.05) is 50.2 Å². The molecular weight excluding hydrogens is 436 g/mol. The van der Waals surface area contributed by atoms with Gasteiger partial charge >= 0.3 is 0 Å². The first kappa shape index (κ1) is 24.2. The van der Waals surface area contributed by atoms with Gasteiger partial charge in [-0.05, 0) is 44.2 Å². The summed E-state index contributed by atoms with van der Waals surface area (Å²) in [5.41, 5.74) is 1.23. The fraction of sp³-hybridized carbons (Fsp3) is 0.154. The highest BCUT2D eigenvalue weighted by Crippen LogP contribution is 2.33. The van der Waals surface area contributed by atoms with Crippen molar-refractivity contribution in [2.24, 2.45) is 0 Å². The molecule has 8 heteroatoms.